The molecule has 11 heteroatoms. The zero-order valence-electron chi connectivity index (χ0n) is 14.7. The molecule has 160 valence electrons. The fourth-order valence-electron chi connectivity index (χ4n) is 2.63. The summed E-state index contributed by atoms with van der Waals surface area (Å²) < 4.78 is 95.5. The monoisotopic (exact) mass is 452 g/mol. The van der Waals surface area contributed by atoms with E-state index in [1.807, 2.05) is 0 Å². The van der Waals surface area contributed by atoms with Crippen LogP contribution >= 0.6 is 11.8 Å². The average molecular weight is 452 g/mol. The molecule has 0 bridgehead atoms. The van der Waals surface area contributed by atoms with Crippen LogP contribution in [0.3, 0.4) is 0 Å². The highest BCUT2D eigenvalue weighted by atomic mass is 32.2. The third kappa shape index (κ3) is 4.45. The molecule has 0 N–H and O–H groups in total. The van der Waals surface area contributed by atoms with Crippen molar-refractivity contribution in [2.24, 2.45) is 0 Å². The molecule has 0 saturated carbocycles. The first-order valence-corrected chi connectivity index (χ1v) is 9.13. The smallest absolute Gasteiger partial charge is 0.426 e. The summed E-state index contributed by atoms with van der Waals surface area (Å²) in [4.78, 5) is 24.0. The first-order valence-electron chi connectivity index (χ1n) is 8.31. The summed E-state index contributed by atoms with van der Waals surface area (Å²) in [7, 11) is 0. The number of ether oxygens (including phenoxy) is 1. The molecule has 3 rings (SSSR count). The molecular formula is C19H11F7O3S. The Kier molecular flexibility index (Phi) is 5.61. The molecule has 0 radical (unpaired) electrons. The number of alkyl halides is 7. The van der Waals surface area contributed by atoms with Crippen LogP contribution in [0.2, 0.25) is 0 Å². The molecule has 1 aliphatic heterocycles. The van der Waals surface area contributed by atoms with E-state index in [4.69, 9.17) is 0 Å². The number of hydrogen-bond acceptors (Lipinski definition) is 4. The number of halogens is 7. The SMILES string of the molecule is O=C(CCC(=O)c1ccc2c(c1)SC(F)(F)C(F)(F)O2)c1cccc(C(F)(F)F)c1. The maximum absolute atomic E-state index is 13.4. The highest BCUT2D eigenvalue weighted by Gasteiger charge is 2.63. The van der Waals surface area contributed by atoms with Crippen LogP contribution in [-0.2, 0) is 6.18 Å². The Hall–Kier alpha value is -2.56. The van der Waals surface area contributed by atoms with Crippen molar-refractivity contribution in [3.8, 4) is 5.75 Å². The third-order valence-corrected chi connectivity index (χ3v) is 5.20. The Morgan fingerprint density at radius 2 is 1.50 bits per heavy atom. The van der Waals surface area contributed by atoms with Crippen molar-refractivity contribution in [1.29, 1.82) is 0 Å². The number of rotatable bonds is 5. The van der Waals surface area contributed by atoms with Crippen LogP contribution in [-0.4, -0.2) is 22.9 Å². The molecule has 1 heterocycles. The summed E-state index contributed by atoms with van der Waals surface area (Å²) in [6.07, 6.45) is -10.2. The van der Waals surface area contributed by atoms with E-state index in [0.29, 0.717) is 6.07 Å². The largest absolute Gasteiger partial charge is 0.475 e. The average Bonchev–Trinajstić information content (AvgIpc) is 2.65. The number of fused-ring (bicyclic) bond motifs is 1. The number of benzene rings is 2. The van der Waals surface area contributed by atoms with Gasteiger partial charge in [-0.25, -0.2) is 0 Å². The first-order chi connectivity index (χ1) is 13.8. The van der Waals surface area contributed by atoms with Crippen molar-refractivity contribution >= 4 is 23.3 Å². The zero-order chi connectivity index (χ0) is 22.3. The van der Waals surface area contributed by atoms with Crippen LogP contribution < -0.4 is 4.74 Å². The van der Waals surface area contributed by atoms with Gasteiger partial charge >= 0.3 is 17.5 Å². The second kappa shape index (κ2) is 7.60. The highest BCUT2D eigenvalue weighted by Crippen LogP contribution is 2.54. The molecular weight excluding hydrogens is 441 g/mol. The second-order valence-corrected chi connectivity index (χ2v) is 7.48. The minimum Gasteiger partial charge on any atom is -0.426 e. The Bertz CT molecular complexity index is 1000. The van der Waals surface area contributed by atoms with Crippen molar-refractivity contribution in [3.63, 3.8) is 0 Å². The summed E-state index contributed by atoms with van der Waals surface area (Å²) in [5.41, 5.74) is -1.36. The summed E-state index contributed by atoms with van der Waals surface area (Å²) in [6.45, 7) is 0. The van der Waals surface area contributed by atoms with Crippen molar-refractivity contribution in [2.75, 3.05) is 0 Å². The van der Waals surface area contributed by atoms with Gasteiger partial charge in [-0.3, -0.25) is 9.59 Å². The number of ketones is 2. The van der Waals surface area contributed by atoms with Gasteiger partial charge in [0.1, 0.15) is 5.75 Å². The molecule has 3 nitrogen and oxygen atoms in total. The minimum atomic E-state index is -4.71. The van der Waals surface area contributed by atoms with Gasteiger partial charge < -0.3 is 4.74 Å². The van der Waals surface area contributed by atoms with Crippen molar-refractivity contribution < 1.29 is 45.1 Å². The molecule has 0 fully saturated rings. The normalized spacial score (nSPS) is 17.0. The number of Topliss-reactive ketones (excluding diaryl/α,β-unsaturated/α-hetero) is 2. The number of carbonyl (C=O) groups is 2. The predicted octanol–water partition coefficient (Wildman–Crippen LogP) is 6.22. The standard InChI is InChI=1S/C19H11F7O3S/c20-17(21,22)12-3-1-2-10(8-12)13(27)5-6-14(28)11-4-7-15-16(9-11)30-19(25,26)18(23,24)29-15/h1-4,7-9H,5-6H2. The lowest BCUT2D eigenvalue weighted by Crippen LogP contribution is -2.45. The quantitative estimate of drug-likeness (QED) is 0.399. The molecule has 2 aromatic carbocycles. The first kappa shape index (κ1) is 22.1. The summed E-state index contributed by atoms with van der Waals surface area (Å²) >= 11 is -0.456. The van der Waals surface area contributed by atoms with Gasteiger partial charge in [-0.05, 0) is 42.1 Å². The van der Waals surface area contributed by atoms with Crippen molar-refractivity contribution in [2.45, 2.75) is 35.3 Å². The fraction of sp³-hybridized carbons (Fsp3) is 0.263. The fourth-order valence-corrected chi connectivity index (χ4v) is 3.46. The number of thioether (sulfide) groups is 1. The van der Waals surface area contributed by atoms with Gasteiger partial charge in [-0.15, -0.1) is 0 Å². The van der Waals surface area contributed by atoms with Crippen LogP contribution in [0.15, 0.2) is 47.4 Å². The summed E-state index contributed by atoms with van der Waals surface area (Å²) in [5, 5.41) is -4.54. The van der Waals surface area contributed by atoms with E-state index in [-0.39, 0.29) is 16.0 Å². The van der Waals surface area contributed by atoms with Gasteiger partial charge in [0.2, 0.25) is 0 Å². The maximum Gasteiger partial charge on any atom is 0.475 e. The predicted molar refractivity (Wildman–Crippen MR) is 92.2 cm³/mol. The minimum absolute atomic E-state index is 0.122. The Morgan fingerprint density at radius 3 is 2.10 bits per heavy atom. The van der Waals surface area contributed by atoms with Crippen LogP contribution in [0.5, 0.6) is 5.75 Å². The van der Waals surface area contributed by atoms with Crippen molar-refractivity contribution in [1.82, 2.24) is 0 Å². The molecule has 0 amide bonds. The summed E-state index contributed by atoms with van der Waals surface area (Å²) in [5.74, 6) is -1.90. The van der Waals surface area contributed by atoms with Crippen LogP contribution in [0.4, 0.5) is 30.7 Å². The molecule has 0 atom stereocenters. The van der Waals surface area contributed by atoms with Crippen LogP contribution in [0.25, 0.3) is 0 Å². The van der Waals surface area contributed by atoms with E-state index in [9.17, 15) is 40.3 Å². The van der Waals surface area contributed by atoms with Gasteiger partial charge in [-0.1, -0.05) is 12.1 Å². The molecule has 0 saturated heterocycles. The third-order valence-electron chi connectivity index (χ3n) is 4.17. The Balaban J connectivity index is 1.70. The molecule has 0 spiro atoms. The van der Waals surface area contributed by atoms with E-state index >= 15 is 0 Å². The van der Waals surface area contributed by atoms with E-state index in [0.717, 1.165) is 30.3 Å². The van der Waals surface area contributed by atoms with Gasteiger partial charge in [0, 0.05) is 24.0 Å². The van der Waals surface area contributed by atoms with Gasteiger partial charge in [-0.2, -0.15) is 30.7 Å². The van der Waals surface area contributed by atoms with Gasteiger partial charge in [0.25, 0.3) is 0 Å². The van der Waals surface area contributed by atoms with Gasteiger partial charge in [0.05, 0.1) is 10.5 Å². The van der Waals surface area contributed by atoms with Gasteiger partial charge in [0.15, 0.2) is 11.6 Å². The molecule has 0 unspecified atom stereocenters. The molecule has 30 heavy (non-hydrogen) atoms. The maximum atomic E-state index is 13.4. The molecule has 2 aromatic rings. The van der Waals surface area contributed by atoms with Crippen LogP contribution in [0, 0.1) is 0 Å². The van der Waals surface area contributed by atoms with E-state index in [1.54, 1.807) is 0 Å². The highest BCUT2D eigenvalue weighted by molar-refractivity contribution is 8.00. The molecule has 1 aliphatic rings. The topological polar surface area (TPSA) is 43.4 Å². The Morgan fingerprint density at radius 1 is 0.900 bits per heavy atom. The zero-order valence-corrected chi connectivity index (χ0v) is 15.6. The molecule has 0 aliphatic carbocycles. The number of carbonyl (C=O) groups excluding carboxylic acids is 2. The second-order valence-electron chi connectivity index (χ2n) is 6.32. The van der Waals surface area contributed by atoms with Crippen LogP contribution in [0.1, 0.15) is 39.1 Å². The summed E-state index contributed by atoms with van der Waals surface area (Å²) in [6, 6.07) is 6.67. The Labute approximate surface area is 169 Å². The molecule has 0 aromatic heterocycles. The van der Waals surface area contributed by atoms with E-state index in [1.165, 1.54) is 6.07 Å². The lowest BCUT2D eigenvalue weighted by Gasteiger charge is -2.31. The lowest BCUT2D eigenvalue weighted by atomic mass is 10.00. The van der Waals surface area contributed by atoms with E-state index < -0.39 is 65.0 Å². The van der Waals surface area contributed by atoms with E-state index in [2.05, 4.69) is 4.74 Å². The number of hydrogen-bond donors (Lipinski definition) is 0. The van der Waals surface area contributed by atoms with Crippen molar-refractivity contribution in [3.05, 3.63) is 59.2 Å². The lowest BCUT2D eigenvalue weighted by molar-refractivity contribution is -0.273.